The molecule has 1 saturated carbocycles. The summed E-state index contributed by atoms with van der Waals surface area (Å²) in [5.41, 5.74) is -0.127. The van der Waals surface area contributed by atoms with Crippen LogP contribution in [0.1, 0.15) is 36.0 Å². The molecule has 3 N–H and O–H groups in total. The third-order valence-corrected chi connectivity index (χ3v) is 6.21. The molecule has 176 valence electrons. The molecule has 0 heterocycles. The average Bonchev–Trinajstić information content (AvgIpc) is 3.26. The monoisotopic (exact) mass is 481 g/mol. The highest BCUT2D eigenvalue weighted by molar-refractivity contribution is 7.92. The topological polar surface area (TPSA) is 131 Å². The number of hydrogen-bond acceptors (Lipinski definition) is 6. The highest BCUT2D eigenvalue weighted by Crippen LogP contribution is 2.20. The summed E-state index contributed by atoms with van der Waals surface area (Å²) in [7, 11) is -4.26. The number of benzene rings is 2. The van der Waals surface area contributed by atoms with Gasteiger partial charge in [0.15, 0.2) is 18.2 Å². The normalized spacial score (nSPS) is 13.9. The fourth-order valence-corrected chi connectivity index (χ4v) is 4.30. The van der Waals surface area contributed by atoms with Crippen LogP contribution >= 0.6 is 0 Å². The SMILES string of the molecule is O=C(COC(=O)c1cccc(NS(=O)(=O)c2ccc(F)c(F)c2)c1)NC(=O)NC1CCCC1. The summed E-state index contributed by atoms with van der Waals surface area (Å²) in [5.74, 6) is -4.28. The number of esters is 1. The van der Waals surface area contributed by atoms with Crippen molar-refractivity contribution in [3.63, 3.8) is 0 Å². The summed E-state index contributed by atoms with van der Waals surface area (Å²) < 4.78 is 58.2. The van der Waals surface area contributed by atoms with E-state index in [1.54, 1.807) is 0 Å². The zero-order valence-electron chi connectivity index (χ0n) is 17.3. The van der Waals surface area contributed by atoms with Crippen molar-refractivity contribution in [3.8, 4) is 0 Å². The Kier molecular flexibility index (Phi) is 7.59. The number of urea groups is 1. The van der Waals surface area contributed by atoms with E-state index in [1.165, 1.54) is 18.2 Å². The van der Waals surface area contributed by atoms with Crippen LogP contribution in [0.25, 0.3) is 0 Å². The maximum absolute atomic E-state index is 13.4. The molecule has 33 heavy (non-hydrogen) atoms. The Morgan fingerprint density at radius 2 is 1.73 bits per heavy atom. The molecule has 12 heteroatoms. The molecule has 1 fully saturated rings. The first kappa shape index (κ1) is 24.1. The maximum Gasteiger partial charge on any atom is 0.338 e. The van der Waals surface area contributed by atoms with Crippen LogP contribution in [0, 0.1) is 11.6 Å². The van der Waals surface area contributed by atoms with E-state index in [1.807, 2.05) is 0 Å². The van der Waals surface area contributed by atoms with E-state index in [2.05, 4.69) is 15.4 Å². The second-order valence-corrected chi connectivity index (χ2v) is 9.02. The lowest BCUT2D eigenvalue weighted by molar-refractivity contribution is -0.123. The van der Waals surface area contributed by atoms with Crippen molar-refractivity contribution >= 4 is 33.6 Å². The fraction of sp³-hybridized carbons (Fsp3) is 0.286. The van der Waals surface area contributed by atoms with Crippen LogP contribution in [0.4, 0.5) is 19.3 Å². The number of carbonyl (C=O) groups excluding carboxylic acids is 3. The highest BCUT2D eigenvalue weighted by Gasteiger charge is 2.20. The quantitative estimate of drug-likeness (QED) is 0.521. The zero-order valence-corrected chi connectivity index (χ0v) is 18.1. The van der Waals surface area contributed by atoms with E-state index < -0.39 is 51.1 Å². The Morgan fingerprint density at radius 3 is 2.42 bits per heavy atom. The van der Waals surface area contributed by atoms with Crippen LogP contribution in [-0.4, -0.2) is 39.0 Å². The second kappa shape index (κ2) is 10.4. The van der Waals surface area contributed by atoms with Crippen molar-refractivity contribution in [2.45, 2.75) is 36.6 Å². The molecular weight excluding hydrogens is 460 g/mol. The summed E-state index contributed by atoms with van der Waals surface area (Å²) in [6, 6.07) is 6.58. The number of nitrogens with one attached hydrogen (secondary N) is 3. The highest BCUT2D eigenvalue weighted by atomic mass is 32.2. The molecule has 3 amide bonds. The largest absolute Gasteiger partial charge is 0.452 e. The van der Waals surface area contributed by atoms with E-state index in [0.29, 0.717) is 12.1 Å². The maximum atomic E-state index is 13.4. The molecule has 0 atom stereocenters. The minimum Gasteiger partial charge on any atom is -0.452 e. The van der Waals surface area contributed by atoms with Gasteiger partial charge in [0.05, 0.1) is 10.5 Å². The van der Waals surface area contributed by atoms with Crippen LogP contribution < -0.4 is 15.4 Å². The van der Waals surface area contributed by atoms with E-state index in [4.69, 9.17) is 4.74 Å². The van der Waals surface area contributed by atoms with Crippen molar-refractivity contribution < 1.29 is 36.3 Å². The van der Waals surface area contributed by atoms with Gasteiger partial charge in [-0.15, -0.1) is 0 Å². The van der Waals surface area contributed by atoms with Gasteiger partial charge in [-0.05, 0) is 49.2 Å². The molecule has 0 aromatic heterocycles. The lowest BCUT2D eigenvalue weighted by atomic mass is 10.2. The summed E-state index contributed by atoms with van der Waals surface area (Å²) in [6.07, 6.45) is 3.69. The van der Waals surface area contributed by atoms with Crippen LogP contribution in [0.3, 0.4) is 0 Å². The van der Waals surface area contributed by atoms with Crippen LogP contribution in [-0.2, 0) is 19.6 Å². The predicted molar refractivity (Wildman–Crippen MR) is 113 cm³/mol. The Bertz CT molecular complexity index is 1170. The molecule has 2 aromatic carbocycles. The van der Waals surface area contributed by atoms with Crippen molar-refractivity contribution in [1.82, 2.24) is 10.6 Å². The third-order valence-electron chi connectivity index (χ3n) is 4.83. The van der Waals surface area contributed by atoms with E-state index >= 15 is 0 Å². The number of anilines is 1. The summed E-state index contributed by atoms with van der Waals surface area (Å²) in [6.45, 7) is -0.721. The molecule has 0 unspecified atom stereocenters. The summed E-state index contributed by atoms with van der Waals surface area (Å²) in [4.78, 5) is 35.3. The predicted octanol–water partition coefficient (Wildman–Crippen LogP) is 2.69. The van der Waals surface area contributed by atoms with Crippen molar-refractivity contribution in [2.24, 2.45) is 0 Å². The molecule has 1 aliphatic carbocycles. The number of imide groups is 1. The first-order valence-corrected chi connectivity index (χ1v) is 11.5. The minimum atomic E-state index is -4.26. The van der Waals surface area contributed by atoms with E-state index in [9.17, 15) is 31.6 Å². The lowest BCUT2D eigenvalue weighted by Crippen LogP contribution is -2.44. The first-order chi connectivity index (χ1) is 15.6. The summed E-state index contributed by atoms with van der Waals surface area (Å²) >= 11 is 0. The molecule has 0 radical (unpaired) electrons. The molecule has 9 nitrogen and oxygen atoms in total. The van der Waals surface area contributed by atoms with E-state index in [-0.39, 0.29) is 17.3 Å². The van der Waals surface area contributed by atoms with Gasteiger partial charge in [0.1, 0.15) is 0 Å². The van der Waals surface area contributed by atoms with Gasteiger partial charge < -0.3 is 10.1 Å². The second-order valence-electron chi connectivity index (χ2n) is 7.34. The van der Waals surface area contributed by atoms with Gasteiger partial charge in [-0.2, -0.15) is 0 Å². The number of sulfonamides is 1. The molecule has 2 aromatic rings. The Labute approximate surface area is 188 Å². The third kappa shape index (κ3) is 6.72. The van der Waals surface area contributed by atoms with Gasteiger partial charge in [0.2, 0.25) is 0 Å². The smallest absolute Gasteiger partial charge is 0.338 e. The Morgan fingerprint density at radius 1 is 1.00 bits per heavy atom. The van der Waals surface area contributed by atoms with Gasteiger partial charge >= 0.3 is 12.0 Å². The number of rotatable bonds is 7. The molecule has 3 rings (SSSR count). The molecule has 0 aliphatic heterocycles. The van der Waals surface area contributed by atoms with Crippen LogP contribution in [0.5, 0.6) is 0 Å². The van der Waals surface area contributed by atoms with Gasteiger partial charge in [-0.1, -0.05) is 18.9 Å². The molecular formula is C21H21F2N3O6S. The van der Waals surface area contributed by atoms with Crippen molar-refractivity contribution in [3.05, 3.63) is 59.7 Å². The standard InChI is InChI=1S/C21H21F2N3O6S/c22-17-9-8-16(11-18(17)23)33(30,31)26-15-7-3-4-13(10-15)20(28)32-12-19(27)25-21(29)24-14-5-1-2-6-14/h3-4,7-11,14,26H,1-2,5-6,12H2,(H2,24,25,27,29). The fourth-order valence-electron chi connectivity index (χ4n) is 3.24. The van der Waals surface area contributed by atoms with Crippen LogP contribution in [0.15, 0.2) is 47.4 Å². The van der Waals surface area contributed by atoms with Crippen LogP contribution in [0.2, 0.25) is 0 Å². The van der Waals surface area contributed by atoms with E-state index in [0.717, 1.165) is 37.8 Å². The molecule has 0 saturated heterocycles. The average molecular weight is 481 g/mol. The molecule has 0 spiro atoms. The zero-order chi connectivity index (χ0) is 24.0. The number of amides is 3. The van der Waals surface area contributed by atoms with Gasteiger partial charge in [-0.3, -0.25) is 14.8 Å². The molecule has 0 bridgehead atoms. The van der Waals surface area contributed by atoms with Crippen molar-refractivity contribution in [2.75, 3.05) is 11.3 Å². The molecule has 1 aliphatic rings. The van der Waals surface area contributed by atoms with Gasteiger partial charge in [0, 0.05) is 11.7 Å². The number of hydrogen-bond donors (Lipinski definition) is 3. The van der Waals surface area contributed by atoms with Gasteiger partial charge in [-0.25, -0.2) is 26.8 Å². The minimum absolute atomic E-state index is 0.0123. The first-order valence-electron chi connectivity index (χ1n) is 9.99. The Balaban J connectivity index is 1.56. The van der Waals surface area contributed by atoms with Crippen molar-refractivity contribution in [1.29, 1.82) is 0 Å². The number of ether oxygens (including phenoxy) is 1. The Hall–Kier alpha value is -3.54. The number of carbonyl (C=O) groups is 3. The lowest BCUT2D eigenvalue weighted by Gasteiger charge is -2.12. The van der Waals surface area contributed by atoms with Gasteiger partial charge in [0.25, 0.3) is 15.9 Å². The summed E-state index contributed by atoms with van der Waals surface area (Å²) in [5, 5.41) is 4.73. The number of halogens is 2.